The first kappa shape index (κ1) is 10.2. The number of anilines is 1. The van der Waals surface area contributed by atoms with Crippen LogP contribution in [0.2, 0.25) is 0 Å². The van der Waals surface area contributed by atoms with Crippen molar-refractivity contribution in [1.82, 2.24) is 0 Å². The third kappa shape index (κ3) is 1.63. The second-order valence-corrected chi connectivity index (χ2v) is 3.99. The number of fused-ring (bicyclic) bond motifs is 1. The number of carbonyl (C=O) groups is 1. The molecule has 80 valence electrons. The first-order chi connectivity index (χ1) is 7.13. The second-order valence-electron chi connectivity index (χ2n) is 3.99. The van der Waals surface area contributed by atoms with Gasteiger partial charge in [-0.25, -0.2) is 0 Å². The van der Waals surface area contributed by atoms with E-state index in [1.165, 1.54) is 0 Å². The van der Waals surface area contributed by atoms with Gasteiger partial charge in [0.1, 0.15) is 0 Å². The van der Waals surface area contributed by atoms with Crippen LogP contribution in [-0.2, 0) is 11.2 Å². The number of rotatable bonds is 2. The van der Waals surface area contributed by atoms with E-state index in [1.54, 1.807) is 0 Å². The van der Waals surface area contributed by atoms with Crippen molar-refractivity contribution in [3.05, 3.63) is 29.3 Å². The number of likely N-dealkylation sites (N-methyl/N-ethyl adjacent to an activating group) is 1. The highest BCUT2D eigenvalue weighted by Crippen LogP contribution is 2.30. The molecule has 0 aromatic heterocycles. The Morgan fingerprint density at radius 3 is 2.87 bits per heavy atom. The minimum Gasteiger partial charge on any atom is -0.324 e. The third-order valence-corrected chi connectivity index (χ3v) is 2.88. The molecule has 0 aliphatic carbocycles. The molecule has 0 spiro atoms. The number of nitrogens with zero attached hydrogens (tertiary/aromatic N) is 1. The van der Waals surface area contributed by atoms with Crippen LogP contribution in [0, 0.1) is 0 Å². The molecule has 0 bridgehead atoms. The maximum absolute atomic E-state index is 11.6. The molecule has 1 atom stereocenters. The van der Waals surface area contributed by atoms with Crippen molar-refractivity contribution in [2.45, 2.75) is 26.3 Å². The first-order valence-corrected chi connectivity index (χ1v) is 5.32. The highest BCUT2D eigenvalue weighted by atomic mass is 16.2. The zero-order valence-electron chi connectivity index (χ0n) is 9.16. The average Bonchev–Trinajstić information content (AvgIpc) is 2.51. The van der Waals surface area contributed by atoms with Gasteiger partial charge in [0.15, 0.2) is 0 Å². The highest BCUT2D eigenvalue weighted by molar-refractivity contribution is 6.01. The molecule has 1 aromatic rings. The summed E-state index contributed by atoms with van der Waals surface area (Å²) in [7, 11) is 0. The summed E-state index contributed by atoms with van der Waals surface area (Å²) in [5, 5.41) is 0. The molecular weight excluding hydrogens is 188 g/mol. The normalized spacial score (nSPS) is 16.7. The van der Waals surface area contributed by atoms with Crippen molar-refractivity contribution in [3.8, 4) is 0 Å². The number of carbonyl (C=O) groups excluding carboxylic acids is 1. The van der Waals surface area contributed by atoms with Crippen molar-refractivity contribution in [1.29, 1.82) is 0 Å². The van der Waals surface area contributed by atoms with Crippen LogP contribution in [0.5, 0.6) is 0 Å². The third-order valence-electron chi connectivity index (χ3n) is 2.88. The molecular formula is C12H16N2O. The van der Waals surface area contributed by atoms with Gasteiger partial charge in [0, 0.05) is 18.3 Å². The van der Waals surface area contributed by atoms with Crippen LogP contribution in [0.15, 0.2) is 18.2 Å². The second kappa shape index (κ2) is 3.66. The maximum Gasteiger partial charge on any atom is 0.231 e. The van der Waals surface area contributed by atoms with Crippen molar-refractivity contribution in [3.63, 3.8) is 0 Å². The molecule has 1 heterocycles. The molecule has 3 heteroatoms. The van der Waals surface area contributed by atoms with E-state index in [4.69, 9.17) is 5.73 Å². The maximum atomic E-state index is 11.6. The minimum atomic E-state index is 0.0288. The van der Waals surface area contributed by atoms with Gasteiger partial charge < -0.3 is 10.6 Å². The van der Waals surface area contributed by atoms with Gasteiger partial charge in [-0.1, -0.05) is 12.1 Å². The Morgan fingerprint density at radius 2 is 2.27 bits per heavy atom. The Labute approximate surface area is 89.9 Å². The predicted molar refractivity (Wildman–Crippen MR) is 60.8 cm³/mol. The molecule has 1 aromatic carbocycles. The fourth-order valence-corrected chi connectivity index (χ4v) is 2.03. The van der Waals surface area contributed by atoms with Gasteiger partial charge in [0.05, 0.1) is 6.42 Å². The molecule has 3 nitrogen and oxygen atoms in total. The largest absolute Gasteiger partial charge is 0.324 e. The van der Waals surface area contributed by atoms with Crippen LogP contribution >= 0.6 is 0 Å². The standard InChI is InChI=1S/C12H16N2O/c1-3-14-11-5-4-9(8(2)13)6-10(11)7-12(14)15/h4-6,8H,3,7,13H2,1-2H3. The molecule has 0 saturated carbocycles. The predicted octanol–water partition coefficient (Wildman–Crippen LogP) is 1.62. The van der Waals surface area contributed by atoms with E-state index in [2.05, 4.69) is 0 Å². The van der Waals surface area contributed by atoms with Gasteiger partial charge in [0.2, 0.25) is 5.91 Å². The number of benzene rings is 1. The molecule has 2 rings (SSSR count). The molecule has 2 N–H and O–H groups in total. The summed E-state index contributed by atoms with van der Waals surface area (Å²) in [6.07, 6.45) is 0.518. The van der Waals surface area contributed by atoms with E-state index >= 15 is 0 Å². The van der Waals surface area contributed by atoms with E-state index in [0.29, 0.717) is 6.42 Å². The van der Waals surface area contributed by atoms with Gasteiger partial charge in [-0.3, -0.25) is 4.79 Å². The van der Waals surface area contributed by atoms with Crippen molar-refractivity contribution < 1.29 is 4.79 Å². The molecule has 15 heavy (non-hydrogen) atoms. The lowest BCUT2D eigenvalue weighted by molar-refractivity contribution is -0.117. The van der Waals surface area contributed by atoms with Crippen molar-refractivity contribution in [2.75, 3.05) is 11.4 Å². The monoisotopic (exact) mass is 204 g/mol. The van der Waals surface area contributed by atoms with Gasteiger partial charge >= 0.3 is 0 Å². The fourth-order valence-electron chi connectivity index (χ4n) is 2.03. The Kier molecular flexibility index (Phi) is 2.49. The topological polar surface area (TPSA) is 46.3 Å². The zero-order chi connectivity index (χ0) is 11.0. The fraction of sp³-hybridized carbons (Fsp3) is 0.417. The molecule has 1 aliphatic rings. The highest BCUT2D eigenvalue weighted by Gasteiger charge is 2.25. The summed E-state index contributed by atoms with van der Waals surface area (Å²) in [6.45, 7) is 4.69. The number of amides is 1. The number of hydrogen-bond acceptors (Lipinski definition) is 2. The number of nitrogens with two attached hydrogens (primary N) is 1. The van der Waals surface area contributed by atoms with Crippen LogP contribution in [0.4, 0.5) is 5.69 Å². The summed E-state index contributed by atoms with van der Waals surface area (Å²) in [5.74, 6) is 0.189. The Balaban J connectivity index is 2.41. The van der Waals surface area contributed by atoms with E-state index in [-0.39, 0.29) is 11.9 Å². The lowest BCUT2D eigenvalue weighted by Crippen LogP contribution is -2.25. The molecule has 0 fully saturated rings. The SMILES string of the molecule is CCN1C(=O)Cc2cc(C(C)N)ccc21. The van der Waals surface area contributed by atoms with Crippen LogP contribution < -0.4 is 10.6 Å². The lowest BCUT2D eigenvalue weighted by atomic mass is 10.0. The molecule has 0 saturated heterocycles. The molecule has 1 amide bonds. The summed E-state index contributed by atoms with van der Waals surface area (Å²) >= 11 is 0. The van der Waals surface area contributed by atoms with Crippen molar-refractivity contribution in [2.24, 2.45) is 5.73 Å². The Bertz CT molecular complexity index is 399. The van der Waals surface area contributed by atoms with Crippen LogP contribution in [0.3, 0.4) is 0 Å². The van der Waals surface area contributed by atoms with Gasteiger partial charge in [-0.05, 0) is 31.0 Å². The van der Waals surface area contributed by atoms with Crippen LogP contribution in [0.25, 0.3) is 0 Å². The molecule has 1 aliphatic heterocycles. The average molecular weight is 204 g/mol. The summed E-state index contributed by atoms with van der Waals surface area (Å²) in [4.78, 5) is 13.5. The summed E-state index contributed by atoms with van der Waals surface area (Å²) in [6, 6.07) is 6.09. The van der Waals surface area contributed by atoms with E-state index in [9.17, 15) is 4.79 Å². The summed E-state index contributed by atoms with van der Waals surface area (Å²) < 4.78 is 0. The lowest BCUT2D eigenvalue weighted by Gasteiger charge is -2.15. The van der Waals surface area contributed by atoms with Gasteiger partial charge in [0.25, 0.3) is 0 Å². The quantitative estimate of drug-likeness (QED) is 0.795. The first-order valence-electron chi connectivity index (χ1n) is 5.32. The zero-order valence-corrected chi connectivity index (χ0v) is 9.16. The van der Waals surface area contributed by atoms with Gasteiger partial charge in [-0.2, -0.15) is 0 Å². The van der Waals surface area contributed by atoms with E-state index in [1.807, 2.05) is 36.9 Å². The van der Waals surface area contributed by atoms with Crippen molar-refractivity contribution >= 4 is 11.6 Å². The summed E-state index contributed by atoms with van der Waals surface area (Å²) in [5.41, 5.74) is 9.06. The molecule has 1 unspecified atom stereocenters. The van der Waals surface area contributed by atoms with E-state index < -0.39 is 0 Å². The van der Waals surface area contributed by atoms with Crippen LogP contribution in [-0.4, -0.2) is 12.5 Å². The Hall–Kier alpha value is -1.35. The van der Waals surface area contributed by atoms with E-state index in [0.717, 1.165) is 23.4 Å². The Morgan fingerprint density at radius 1 is 1.53 bits per heavy atom. The molecule has 0 radical (unpaired) electrons. The minimum absolute atomic E-state index is 0.0288. The van der Waals surface area contributed by atoms with Gasteiger partial charge in [-0.15, -0.1) is 0 Å². The smallest absolute Gasteiger partial charge is 0.231 e. The van der Waals surface area contributed by atoms with Crippen LogP contribution in [0.1, 0.15) is 31.0 Å². The number of hydrogen-bond donors (Lipinski definition) is 1.